The average Bonchev–Trinajstić information content (AvgIpc) is 2.45. The lowest BCUT2D eigenvalue weighted by Gasteiger charge is -2.04. The van der Waals surface area contributed by atoms with Crippen LogP contribution in [-0.2, 0) is 11.3 Å². The van der Waals surface area contributed by atoms with Gasteiger partial charge < -0.3 is 22.3 Å². The third kappa shape index (κ3) is 6.69. The molecule has 2 aromatic rings. The number of aryl methyl sites for hydroxylation is 1. The number of aromatic nitrogens is 2. The molecule has 0 unspecified atom stereocenters. The number of nitrogens with one attached hydrogen (secondary N) is 1. The van der Waals surface area contributed by atoms with E-state index in [4.69, 9.17) is 11.6 Å². The van der Waals surface area contributed by atoms with Crippen LogP contribution >= 0.6 is 11.6 Å². The van der Waals surface area contributed by atoms with Gasteiger partial charge in [-0.2, -0.15) is 0 Å². The minimum absolute atomic E-state index is 0. The van der Waals surface area contributed by atoms with Gasteiger partial charge in [0.1, 0.15) is 11.7 Å². The van der Waals surface area contributed by atoms with Crippen molar-refractivity contribution in [1.29, 1.82) is 0 Å². The highest BCUT2D eigenvalue weighted by atomic mass is 79.9. The average molecular weight is 371 g/mol. The zero-order valence-electron chi connectivity index (χ0n) is 11.5. The molecule has 2 heterocycles. The Hall–Kier alpha value is -1.46. The summed E-state index contributed by atoms with van der Waals surface area (Å²) in [6.07, 6.45) is 7.96. The number of hydrogen-bond donors (Lipinski definition) is 1. The first-order valence-corrected chi connectivity index (χ1v) is 6.97. The van der Waals surface area contributed by atoms with Crippen LogP contribution in [0.5, 0.6) is 0 Å². The molecule has 0 saturated carbocycles. The Balaban J connectivity index is 0.00000220. The van der Waals surface area contributed by atoms with E-state index >= 15 is 0 Å². The van der Waals surface area contributed by atoms with Gasteiger partial charge in [-0.05, 0) is 18.6 Å². The molecule has 0 aromatic carbocycles. The summed E-state index contributed by atoms with van der Waals surface area (Å²) in [5.74, 6) is 0.00493. The molecule has 0 aliphatic rings. The summed E-state index contributed by atoms with van der Waals surface area (Å²) in [6.45, 7) is 0.926. The third-order valence-electron chi connectivity index (χ3n) is 2.86. The van der Waals surface area contributed by atoms with Crippen LogP contribution in [0.3, 0.4) is 0 Å². The van der Waals surface area contributed by atoms with Crippen molar-refractivity contribution in [3.8, 4) is 0 Å². The number of amides is 1. The molecule has 1 N–H and O–H groups in total. The highest BCUT2D eigenvalue weighted by molar-refractivity contribution is 6.29. The number of carbonyl (C=O) groups is 1. The maximum atomic E-state index is 11.8. The van der Waals surface area contributed by atoms with Gasteiger partial charge in [0.25, 0.3) is 0 Å². The zero-order chi connectivity index (χ0) is 14.2. The molecule has 1 amide bonds. The van der Waals surface area contributed by atoms with Gasteiger partial charge in [-0.15, -0.1) is 0 Å². The molecular formula is C15H17BrClN3O. The molecular weight excluding hydrogens is 354 g/mol. The predicted octanol–water partition coefficient (Wildman–Crippen LogP) is -0.164. The van der Waals surface area contributed by atoms with Crippen LogP contribution in [0.2, 0.25) is 5.15 Å². The first-order valence-electron chi connectivity index (χ1n) is 6.59. The fourth-order valence-electron chi connectivity index (χ4n) is 1.87. The summed E-state index contributed by atoms with van der Waals surface area (Å²) in [7, 11) is 0. The lowest BCUT2D eigenvalue weighted by molar-refractivity contribution is -0.697. The molecule has 0 radical (unpaired) electrons. The molecule has 0 bridgehead atoms. The largest absolute Gasteiger partial charge is 1.00 e. The Morgan fingerprint density at radius 3 is 2.71 bits per heavy atom. The zero-order valence-corrected chi connectivity index (χ0v) is 13.8. The SMILES string of the molecule is O=C(CCCC[n+]1ccccc1)Nc1ccnc(Cl)c1.[Br-]. The van der Waals surface area contributed by atoms with E-state index in [2.05, 4.69) is 14.9 Å². The predicted molar refractivity (Wildman–Crippen MR) is 78.4 cm³/mol. The Kier molecular flexibility index (Phi) is 7.93. The van der Waals surface area contributed by atoms with Crippen LogP contribution in [-0.4, -0.2) is 10.9 Å². The summed E-state index contributed by atoms with van der Waals surface area (Å²) < 4.78 is 2.11. The summed E-state index contributed by atoms with van der Waals surface area (Å²) in [6, 6.07) is 9.35. The third-order valence-corrected chi connectivity index (χ3v) is 3.06. The fraction of sp³-hybridized carbons (Fsp3) is 0.267. The standard InChI is InChI=1S/C15H16ClN3O.BrH/c16-14-12-13(7-8-17-14)18-15(20)6-2-5-11-19-9-3-1-4-10-19;/h1,3-4,7-10,12H,2,5-6,11H2;1H. The smallest absolute Gasteiger partial charge is 0.224 e. The van der Waals surface area contributed by atoms with Crippen LogP contribution in [0, 0.1) is 0 Å². The lowest BCUT2D eigenvalue weighted by atomic mass is 10.2. The minimum Gasteiger partial charge on any atom is -1.00 e. The van der Waals surface area contributed by atoms with Gasteiger partial charge in [0, 0.05) is 36.9 Å². The second kappa shape index (κ2) is 9.47. The van der Waals surface area contributed by atoms with E-state index in [1.54, 1.807) is 18.3 Å². The van der Waals surface area contributed by atoms with Crippen LogP contribution < -0.4 is 26.9 Å². The van der Waals surface area contributed by atoms with Crippen molar-refractivity contribution in [2.45, 2.75) is 25.8 Å². The van der Waals surface area contributed by atoms with Crippen molar-refractivity contribution in [1.82, 2.24) is 4.98 Å². The Bertz CT molecular complexity index is 566. The van der Waals surface area contributed by atoms with Gasteiger partial charge in [-0.1, -0.05) is 17.7 Å². The van der Waals surface area contributed by atoms with Gasteiger partial charge in [0.05, 0.1) is 0 Å². The Labute approximate surface area is 139 Å². The number of nitrogens with zero attached hydrogens (tertiary/aromatic N) is 2. The van der Waals surface area contributed by atoms with Crippen LogP contribution in [0.4, 0.5) is 5.69 Å². The van der Waals surface area contributed by atoms with Gasteiger partial charge in [-0.3, -0.25) is 4.79 Å². The van der Waals surface area contributed by atoms with Gasteiger partial charge >= 0.3 is 0 Å². The maximum Gasteiger partial charge on any atom is 0.224 e. The van der Waals surface area contributed by atoms with Crippen molar-refractivity contribution >= 4 is 23.2 Å². The number of anilines is 1. The first-order chi connectivity index (χ1) is 9.74. The monoisotopic (exact) mass is 369 g/mol. The molecule has 0 aliphatic carbocycles. The summed E-state index contributed by atoms with van der Waals surface area (Å²) in [4.78, 5) is 15.6. The maximum absolute atomic E-state index is 11.8. The fourth-order valence-corrected chi connectivity index (χ4v) is 2.04. The van der Waals surface area contributed by atoms with Crippen molar-refractivity contribution in [3.63, 3.8) is 0 Å². The number of carbonyl (C=O) groups excluding carboxylic acids is 1. The minimum atomic E-state index is 0. The molecule has 0 aliphatic heterocycles. The van der Waals surface area contributed by atoms with Crippen molar-refractivity contribution in [2.24, 2.45) is 0 Å². The van der Waals surface area contributed by atoms with Crippen LogP contribution in [0.1, 0.15) is 19.3 Å². The first kappa shape index (κ1) is 17.6. The number of pyridine rings is 2. The molecule has 0 saturated heterocycles. The normalized spacial score (nSPS) is 9.76. The van der Waals surface area contributed by atoms with Crippen LogP contribution in [0.15, 0.2) is 48.9 Å². The molecule has 2 rings (SSSR count). The second-order valence-electron chi connectivity index (χ2n) is 4.49. The van der Waals surface area contributed by atoms with E-state index < -0.39 is 0 Å². The van der Waals surface area contributed by atoms with Crippen molar-refractivity contribution in [3.05, 3.63) is 54.1 Å². The number of unbranched alkanes of at least 4 members (excludes halogenated alkanes) is 1. The van der Waals surface area contributed by atoms with Gasteiger partial charge in [0.2, 0.25) is 5.91 Å². The number of hydrogen-bond acceptors (Lipinski definition) is 2. The van der Waals surface area contributed by atoms with Gasteiger partial charge in [0.15, 0.2) is 12.4 Å². The molecule has 4 nitrogen and oxygen atoms in total. The van der Waals surface area contributed by atoms with Crippen LogP contribution in [0.25, 0.3) is 0 Å². The van der Waals surface area contributed by atoms with Gasteiger partial charge in [-0.25, -0.2) is 9.55 Å². The highest BCUT2D eigenvalue weighted by Gasteiger charge is 2.04. The number of rotatable bonds is 6. The summed E-state index contributed by atoms with van der Waals surface area (Å²) in [5, 5.41) is 3.19. The van der Waals surface area contributed by atoms with E-state index in [0.29, 0.717) is 17.3 Å². The van der Waals surface area contributed by atoms with E-state index in [1.165, 1.54) is 0 Å². The lowest BCUT2D eigenvalue weighted by Crippen LogP contribution is -3.00. The summed E-state index contributed by atoms with van der Waals surface area (Å²) >= 11 is 5.76. The van der Waals surface area contributed by atoms with E-state index in [9.17, 15) is 4.79 Å². The Morgan fingerprint density at radius 2 is 2.00 bits per heavy atom. The molecule has 2 aromatic heterocycles. The second-order valence-corrected chi connectivity index (χ2v) is 4.87. The molecule has 21 heavy (non-hydrogen) atoms. The quantitative estimate of drug-likeness (QED) is 0.436. The van der Waals surface area contributed by atoms with E-state index in [1.807, 2.05) is 30.6 Å². The molecule has 0 atom stereocenters. The van der Waals surface area contributed by atoms with E-state index in [-0.39, 0.29) is 22.9 Å². The van der Waals surface area contributed by atoms with E-state index in [0.717, 1.165) is 19.4 Å². The summed E-state index contributed by atoms with van der Waals surface area (Å²) in [5.41, 5.74) is 0.687. The van der Waals surface area contributed by atoms with Crippen molar-refractivity contribution in [2.75, 3.05) is 5.32 Å². The number of halogens is 2. The highest BCUT2D eigenvalue weighted by Crippen LogP contribution is 2.12. The topological polar surface area (TPSA) is 45.9 Å². The molecule has 6 heteroatoms. The molecule has 0 spiro atoms. The van der Waals surface area contributed by atoms with Crippen molar-refractivity contribution < 1.29 is 26.3 Å². The molecule has 0 fully saturated rings. The molecule has 112 valence electrons. The Morgan fingerprint density at radius 1 is 1.24 bits per heavy atom.